The van der Waals surface area contributed by atoms with Crippen molar-refractivity contribution in [1.29, 1.82) is 0 Å². The molecule has 0 saturated heterocycles. The third-order valence-corrected chi connectivity index (χ3v) is 4.61. The van der Waals surface area contributed by atoms with Crippen LogP contribution >= 0.6 is 0 Å². The Labute approximate surface area is 145 Å². The lowest BCUT2D eigenvalue weighted by molar-refractivity contribution is -0.130. The monoisotopic (exact) mass is 337 g/mol. The van der Waals surface area contributed by atoms with Gasteiger partial charge < -0.3 is 5.32 Å². The molecular weight excluding hydrogens is 318 g/mol. The second-order valence-corrected chi connectivity index (χ2v) is 6.29. The number of carbonyl (C=O) groups excluding carboxylic acids is 2. The van der Waals surface area contributed by atoms with Crippen LogP contribution in [0.3, 0.4) is 0 Å². The Hall–Kier alpha value is -2.96. The number of benzene rings is 1. The quantitative estimate of drug-likeness (QED) is 0.929. The summed E-state index contributed by atoms with van der Waals surface area (Å²) in [6.07, 6.45) is 3.54. The molecule has 0 radical (unpaired) electrons. The normalized spacial score (nSPS) is 16.6. The number of hydrogen-bond donors (Lipinski definition) is 1. The molecule has 1 aliphatic heterocycles. The van der Waals surface area contributed by atoms with Gasteiger partial charge in [-0.25, -0.2) is 9.69 Å². The Kier molecular flexibility index (Phi) is 3.83. The van der Waals surface area contributed by atoms with E-state index in [1.165, 1.54) is 5.01 Å². The summed E-state index contributed by atoms with van der Waals surface area (Å²) in [7, 11) is 1.57. The SMILES string of the molecule is CN1N=C(C(=O)Nc2c3c(nn2-c2ccccc2)CCC3)CCC1=O. The zero-order valence-electron chi connectivity index (χ0n) is 14.0. The van der Waals surface area contributed by atoms with Crippen LogP contribution in [-0.4, -0.2) is 39.4 Å². The number of fused-ring (bicyclic) bond motifs is 1. The summed E-state index contributed by atoms with van der Waals surface area (Å²) in [6.45, 7) is 0. The highest BCUT2D eigenvalue weighted by Crippen LogP contribution is 2.31. The van der Waals surface area contributed by atoms with Gasteiger partial charge in [0.1, 0.15) is 11.5 Å². The molecular formula is C18H19N5O2. The number of aryl methyl sites for hydroxylation is 1. The topological polar surface area (TPSA) is 79.6 Å². The van der Waals surface area contributed by atoms with Crippen LogP contribution in [0.2, 0.25) is 0 Å². The fraction of sp³-hybridized carbons (Fsp3) is 0.333. The first-order valence-corrected chi connectivity index (χ1v) is 8.45. The molecule has 25 heavy (non-hydrogen) atoms. The summed E-state index contributed by atoms with van der Waals surface area (Å²) in [5.74, 6) is 0.365. The molecule has 128 valence electrons. The van der Waals surface area contributed by atoms with Crippen molar-refractivity contribution >= 4 is 23.3 Å². The van der Waals surface area contributed by atoms with Crippen LogP contribution in [-0.2, 0) is 22.4 Å². The summed E-state index contributed by atoms with van der Waals surface area (Å²) in [5, 5.41) is 13.0. The molecule has 2 heterocycles. The maximum absolute atomic E-state index is 12.7. The van der Waals surface area contributed by atoms with E-state index in [9.17, 15) is 9.59 Å². The van der Waals surface area contributed by atoms with E-state index >= 15 is 0 Å². The molecule has 7 nitrogen and oxygen atoms in total. The van der Waals surface area contributed by atoms with Crippen molar-refractivity contribution in [2.24, 2.45) is 5.10 Å². The maximum atomic E-state index is 12.7. The van der Waals surface area contributed by atoms with Gasteiger partial charge in [-0.1, -0.05) is 18.2 Å². The Morgan fingerprint density at radius 1 is 1.12 bits per heavy atom. The van der Waals surface area contributed by atoms with Gasteiger partial charge in [0.15, 0.2) is 0 Å². The van der Waals surface area contributed by atoms with Crippen LogP contribution in [0.4, 0.5) is 5.82 Å². The van der Waals surface area contributed by atoms with E-state index in [1.807, 2.05) is 30.3 Å². The predicted molar refractivity (Wildman–Crippen MR) is 93.7 cm³/mol. The summed E-state index contributed by atoms with van der Waals surface area (Å²) in [5.41, 5.74) is 3.41. The highest BCUT2D eigenvalue weighted by Gasteiger charge is 2.27. The first-order chi connectivity index (χ1) is 12.1. The predicted octanol–water partition coefficient (Wildman–Crippen LogP) is 1.91. The average Bonchev–Trinajstić information content (AvgIpc) is 3.20. The minimum Gasteiger partial charge on any atom is -0.305 e. The van der Waals surface area contributed by atoms with Gasteiger partial charge in [0.05, 0.1) is 11.4 Å². The van der Waals surface area contributed by atoms with Crippen molar-refractivity contribution in [3.8, 4) is 5.69 Å². The molecule has 0 fully saturated rings. The number of rotatable bonds is 3. The molecule has 2 aromatic rings. The molecule has 0 unspecified atom stereocenters. The standard InChI is InChI=1S/C18H19N5O2/c1-22-16(24)11-10-15(20-22)18(25)19-17-13-8-5-9-14(13)21-23(17)12-6-3-2-4-7-12/h2-4,6-7H,5,8-11H2,1H3,(H,19,25). The van der Waals surface area contributed by atoms with Crippen LogP contribution in [0.15, 0.2) is 35.4 Å². The molecule has 0 atom stereocenters. The molecule has 1 aliphatic carbocycles. The van der Waals surface area contributed by atoms with Crippen LogP contribution in [0.5, 0.6) is 0 Å². The minimum atomic E-state index is -0.272. The van der Waals surface area contributed by atoms with Crippen molar-refractivity contribution in [3.63, 3.8) is 0 Å². The van der Waals surface area contributed by atoms with Gasteiger partial charge in [-0.05, 0) is 31.4 Å². The summed E-state index contributed by atoms with van der Waals surface area (Å²) < 4.78 is 1.79. The van der Waals surface area contributed by atoms with E-state index in [-0.39, 0.29) is 11.8 Å². The second-order valence-electron chi connectivity index (χ2n) is 6.29. The minimum absolute atomic E-state index is 0.0771. The molecule has 7 heteroatoms. The van der Waals surface area contributed by atoms with E-state index in [2.05, 4.69) is 15.5 Å². The van der Waals surface area contributed by atoms with Crippen molar-refractivity contribution in [2.45, 2.75) is 32.1 Å². The molecule has 2 amide bonds. The Balaban J connectivity index is 1.67. The number of nitrogens with zero attached hydrogens (tertiary/aromatic N) is 4. The number of carbonyl (C=O) groups is 2. The third-order valence-electron chi connectivity index (χ3n) is 4.61. The van der Waals surface area contributed by atoms with Gasteiger partial charge in [0, 0.05) is 25.5 Å². The molecule has 1 N–H and O–H groups in total. The van der Waals surface area contributed by atoms with E-state index in [0.717, 1.165) is 36.2 Å². The fourth-order valence-corrected chi connectivity index (χ4v) is 3.29. The van der Waals surface area contributed by atoms with Crippen LogP contribution in [0, 0.1) is 0 Å². The second kappa shape index (κ2) is 6.16. The van der Waals surface area contributed by atoms with Gasteiger partial charge in [-0.3, -0.25) is 9.59 Å². The smallest absolute Gasteiger partial charge is 0.273 e. The zero-order valence-corrected chi connectivity index (χ0v) is 14.0. The first kappa shape index (κ1) is 15.6. The van der Waals surface area contributed by atoms with E-state index < -0.39 is 0 Å². The number of hydrogen-bond acceptors (Lipinski definition) is 4. The molecule has 0 saturated carbocycles. The van der Waals surface area contributed by atoms with Gasteiger partial charge in [-0.15, -0.1) is 0 Å². The highest BCUT2D eigenvalue weighted by molar-refractivity contribution is 6.43. The molecule has 4 rings (SSSR count). The molecule has 0 bridgehead atoms. The van der Waals surface area contributed by atoms with Gasteiger partial charge in [-0.2, -0.15) is 10.2 Å². The third kappa shape index (κ3) is 2.82. The lowest BCUT2D eigenvalue weighted by atomic mass is 10.1. The maximum Gasteiger partial charge on any atom is 0.273 e. The van der Waals surface area contributed by atoms with Gasteiger partial charge >= 0.3 is 0 Å². The fourth-order valence-electron chi connectivity index (χ4n) is 3.29. The Morgan fingerprint density at radius 3 is 2.68 bits per heavy atom. The number of amides is 2. The number of nitrogens with one attached hydrogen (secondary N) is 1. The van der Waals surface area contributed by atoms with Crippen molar-refractivity contribution in [2.75, 3.05) is 12.4 Å². The first-order valence-electron chi connectivity index (χ1n) is 8.45. The number of para-hydroxylation sites is 1. The zero-order chi connectivity index (χ0) is 17.4. The van der Waals surface area contributed by atoms with E-state index in [4.69, 9.17) is 0 Å². The number of hydrazone groups is 1. The molecule has 0 spiro atoms. The van der Waals surface area contributed by atoms with E-state index in [0.29, 0.717) is 24.4 Å². The van der Waals surface area contributed by atoms with Crippen LogP contribution in [0.25, 0.3) is 5.69 Å². The van der Waals surface area contributed by atoms with Crippen LogP contribution < -0.4 is 5.32 Å². The lowest BCUT2D eigenvalue weighted by Gasteiger charge is -2.19. The molecule has 1 aromatic heterocycles. The van der Waals surface area contributed by atoms with Crippen molar-refractivity contribution < 1.29 is 9.59 Å². The highest BCUT2D eigenvalue weighted by atomic mass is 16.2. The largest absolute Gasteiger partial charge is 0.305 e. The summed E-state index contributed by atoms with van der Waals surface area (Å²) in [6, 6.07) is 9.76. The van der Waals surface area contributed by atoms with Gasteiger partial charge in [0.2, 0.25) is 5.91 Å². The number of anilines is 1. The molecule has 2 aliphatic rings. The van der Waals surface area contributed by atoms with Crippen molar-refractivity contribution in [1.82, 2.24) is 14.8 Å². The van der Waals surface area contributed by atoms with E-state index in [1.54, 1.807) is 11.7 Å². The summed E-state index contributed by atoms with van der Waals surface area (Å²) >= 11 is 0. The van der Waals surface area contributed by atoms with Crippen LogP contribution in [0.1, 0.15) is 30.5 Å². The van der Waals surface area contributed by atoms with Gasteiger partial charge in [0.25, 0.3) is 5.91 Å². The Bertz CT molecular complexity index is 869. The lowest BCUT2D eigenvalue weighted by Crippen LogP contribution is -2.34. The van der Waals surface area contributed by atoms with Crippen molar-refractivity contribution in [3.05, 3.63) is 41.6 Å². The summed E-state index contributed by atoms with van der Waals surface area (Å²) in [4.78, 5) is 24.2. The number of aromatic nitrogens is 2. The molecule has 1 aromatic carbocycles. The average molecular weight is 337 g/mol. The Morgan fingerprint density at radius 2 is 1.92 bits per heavy atom.